The number of azide groups is 1. The third kappa shape index (κ3) is 12.2. The summed E-state index contributed by atoms with van der Waals surface area (Å²) in [5, 5.41) is 0. The Morgan fingerprint density at radius 1 is 0.840 bits per heavy atom. The molecule has 1 heterocycles. The average molecular weight is 374 g/mol. The minimum atomic E-state index is -3.56. The van der Waals surface area contributed by atoms with E-state index in [1.807, 2.05) is 0 Å². The van der Waals surface area contributed by atoms with Gasteiger partial charge in [0.05, 0.1) is 18.0 Å². The molecule has 2 atom stereocenters. The quantitative estimate of drug-likeness (QED) is 0.105. The first kappa shape index (κ1) is 22.3. The lowest BCUT2D eigenvalue weighted by atomic mass is 10.0. The molecule has 0 aliphatic carbocycles. The van der Waals surface area contributed by atoms with E-state index < -0.39 is 10.0 Å². The van der Waals surface area contributed by atoms with Crippen molar-refractivity contribution in [3.8, 4) is 0 Å². The maximum Gasteiger partial charge on any atom is 0.235 e. The van der Waals surface area contributed by atoms with Crippen LogP contribution < -0.4 is 0 Å². The molecule has 0 spiro atoms. The third-order valence-electron chi connectivity index (χ3n) is 4.83. The molecule has 146 valence electrons. The van der Waals surface area contributed by atoms with Crippen molar-refractivity contribution in [2.24, 2.45) is 4.52 Å². The van der Waals surface area contributed by atoms with Crippen LogP contribution in [0.1, 0.15) is 96.8 Å². The highest BCUT2D eigenvalue weighted by molar-refractivity contribution is 7.89. The van der Waals surface area contributed by atoms with Gasteiger partial charge in [0.2, 0.25) is 10.0 Å². The Kier molecular flexibility index (Phi) is 12.0. The van der Waals surface area contributed by atoms with Gasteiger partial charge in [0, 0.05) is 9.43 Å². The minimum Gasteiger partial charge on any atom is -0.370 e. The highest BCUT2D eigenvalue weighted by Crippen LogP contribution is 2.31. The third-order valence-corrected chi connectivity index (χ3v) is 5.96. The van der Waals surface area contributed by atoms with E-state index in [1.54, 1.807) is 0 Å². The van der Waals surface area contributed by atoms with Gasteiger partial charge in [-0.05, 0) is 24.8 Å². The fraction of sp³-hybridized carbons (Fsp3) is 1.00. The van der Waals surface area contributed by atoms with Gasteiger partial charge in [-0.1, -0.05) is 77.6 Å². The maximum atomic E-state index is 11.2. The Labute approximate surface area is 153 Å². The fourth-order valence-corrected chi connectivity index (χ4v) is 4.01. The van der Waals surface area contributed by atoms with E-state index in [0.29, 0.717) is 18.6 Å². The van der Waals surface area contributed by atoms with Gasteiger partial charge in [-0.25, -0.2) is 8.42 Å². The minimum absolute atomic E-state index is 0.0346. The van der Waals surface area contributed by atoms with Gasteiger partial charge in [0.1, 0.15) is 0 Å². The van der Waals surface area contributed by atoms with Gasteiger partial charge in [-0.2, -0.15) is 0 Å². The molecule has 2 unspecified atom stereocenters. The van der Waals surface area contributed by atoms with Gasteiger partial charge in [-0.3, -0.25) is 0 Å². The molecule has 1 aliphatic rings. The number of epoxide rings is 1. The first-order valence-corrected chi connectivity index (χ1v) is 11.6. The van der Waals surface area contributed by atoms with Crippen LogP contribution in [0.3, 0.4) is 0 Å². The topological polar surface area (TPSA) is 95.4 Å². The van der Waals surface area contributed by atoms with Crippen molar-refractivity contribution < 1.29 is 13.2 Å². The summed E-state index contributed by atoms with van der Waals surface area (Å²) in [6.45, 7) is 2.25. The van der Waals surface area contributed by atoms with Crippen LogP contribution in [0.5, 0.6) is 0 Å². The van der Waals surface area contributed by atoms with E-state index >= 15 is 0 Å². The molecule has 0 radical (unpaired) electrons. The fourth-order valence-electron chi connectivity index (χ4n) is 3.25. The van der Waals surface area contributed by atoms with Gasteiger partial charge in [0.15, 0.2) is 0 Å². The number of sulfonamides is 1. The molecule has 1 fully saturated rings. The van der Waals surface area contributed by atoms with Crippen molar-refractivity contribution in [3.63, 3.8) is 0 Å². The predicted molar refractivity (Wildman–Crippen MR) is 102 cm³/mol. The molecule has 1 aliphatic heterocycles. The van der Waals surface area contributed by atoms with Crippen molar-refractivity contribution in [2.75, 3.05) is 5.75 Å². The second-order valence-electron chi connectivity index (χ2n) is 7.14. The lowest BCUT2D eigenvalue weighted by Crippen LogP contribution is -2.01. The van der Waals surface area contributed by atoms with Crippen molar-refractivity contribution in [1.82, 2.24) is 0 Å². The molecule has 0 aromatic carbocycles. The van der Waals surface area contributed by atoms with E-state index in [-0.39, 0.29) is 5.75 Å². The first-order chi connectivity index (χ1) is 12.1. The zero-order chi connectivity index (χ0) is 18.4. The molecule has 0 bridgehead atoms. The van der Waals surface area contributed by atoms with Gasteiger partial charge < -0.3 is 4.74 Å². The molecule has 0 saturated carbocycles. The maximum absolute atomic E-state index is 11.2. The second kappa shape index (κ2) is 13.4. The summed E-state index contributed by atoms with van der Waals surface area (Å²) < 4.78 is 30.9. The van der Waals surface area contributed by atoms with Gasteiger partial charge in [-0.15, -0.1) is 0 Å². The average Bonchev–Trinajstić information content (AvgIpc) is 3.31. The molecule has 25 heavy (non-hydrogen) atoms. The smallest absolute Gasteiger partial charge is 0.235 e. The molecule has 0 aromatic rings. The molecular weight excluding hydrogens is 338 g/mol. The monoisotopic (exact) mass is 373 g/mol. The number of nitrogens with zero attached hydrogens (tertiary/aromatic N) is 3. The van der Waals surface area contributed by atoms with Gasteiger partial charge >= 0.3 is 0 Å². The number of hydrogen-bond donors (Lipinski definition) is 0. The Morgan fingerprint density at radius 3 is 1.84 bits per heavy atom. The number of hydrogen-bond acceptors (Lipinski definition) is 3. The number of ether oxygens (including phenoxy) is 1. The summed E-state index contributed by atoms with van der Waals surface area (Å²) in [7, 11) is -3.56. The van der Waals surface area contributed by atoms with Crippen LogP contribution in [0.25, 0.3) is 10.4 Å². The molecule has 0 N–H and O–H groups in total. The van der Waals surface area contributed by atoms with Gasteiger partial charge in [0.25, 0.3) is 0 Å². The highest BCUT2D eigenvalue weighted by atomic mass is 32.2. The second-order valence-corrected chi connectivity index (χ2v) is 8.87. The van der Waals surface area contributed by atoms with Crippen LogP contribution in [-0.4, -0.2) is 26.4 Å². The summed E-state index contributed by atoms with van der Waals surface area (Å²) in [5.74, 6) is -0.0346. The standard InChI is InChI=1S/C18H35N3O3S/c1-2-3-4-5-8-11-14-17-18(24-17)15-12-9-6-7-10-13-16-25(22,23)21-20-19/h17-18H,2-16H2,1H3. The van der Waals surface area contributed by atoms with Crippen LogP contribution in [0.15, 0.2) is 4.52 Å². The Hall–Kier alpha value is -0.780. The Balaban J connectivity index is 1.83. The van der Waals surface area contributed by atoms with Crippen molar-refractivity contribution in [3.05, 3.63) is 10.4 Å². The van der Waals surface area contributed by atoms with Crippen LogP contribution in [0, 0.1) is 0 Å². The zero-order valence-electron chi connectivity index (χ0n) is 15.7. The molecule has 1 saturated heterocycles. The SMILES string of the molecule is CCCCCCCCC1OC1CCCCCCCCS(=O)(=O)N=[N+]=[N-]. The molecule has 7 heteroatoms. The van der Waals surface area contributed by atoms with E-state index in [9.17, 15) is 8.42 Å². The molecule has 6 nitrogen and oxygen atoms in total. The van der Waals surface area contributed by atoms with Crippen LogP contribution in [0.2, 0.25) is 0 Å². The summed E-state index contributed by atoms with van der Waals surface area (Å²) in [5.41, 5.74) is 8.13. The van der Waals surface area contributed by atoms with Crippen molar-refractivity contribution in [1.29, 1.82) is 0 Å². The normalized spacial score (nSPS) is 19.6. The van der Waals surface area contributed by atoms with E-state index in [0.717, 1.165) is 19.3 Å². The lowest BCUT2D eigenvalue weighted by molar-refractivity contribution is 0.347. The Bertz CT molecular complexity index is 490. The van der Waals surface area contributed by atoms with Crippen LogP contribution in [0.4, 0.5) is 0 Å². The molecular formula is C18H35N3O3S. The summed E-state index contributed by atoms with van der Waals surface area (Å²) >= 11 is 0. The summed E-state index contributed by atoms with van der Waals surface area (Å²) in [4.78, 5) is 2.34. The number of unbranched alkanes of at least 4 members (excludes halogenated alkanes) is 10. The molecule has 0 amide bonds. The lowest BCUT2D eigenvalue weighted by Gasteiger charge is -2.01. The molecule has 1 rings (SSSR count). The van der Waals surface area contributed by atoms with Crippen LogP contribution >= 0.6 is 0 Å². The number of rotatable bonds is 17. The van der Waals surface area contributed by atoms with Crippen molar-refractivity contribution >= 4 is 10.0 Å². The first-order valence-electron chi connectivity index (χ1n) is 10.0. The highest BCUT2D eigenvalue weighted by Gasteiger charge is 2.36. The Morgan fingerprint density at radius 2 is 1.32 bits per heavy atom. The van der Waals surface area contributed by atoms with Crippen LogP contribution in [-0.2, 0) is 14.8 Å². The van der Waals surface area contributed by atoms with E-state index in [4.69, 9.17) is 10.3 Å². The summed E-state index contributed by atoms with van der Waals surface area (Å²) in [6.07, 6.45) is 17.5. The molecule has 0 aromatic heterocycles. The van der Waals surface area contributed by atoms with E-state index in [2.05, 4.69) is 16.4 Å². The van der Waals surface area contributed by atoms with E-state index in [1.165, 1.54) is 64.2 Å². The zero-order valence-corrected chi connectivity index (χ0v) is 16.6. The van der Waals surface area contributed by atoms with Crippen molar-refractivity contribution in [2.45, 2.75) is 109 Å². The predicted octanol–water partition coefficient (Wildman–Crippen LogP) is 5.88. The summed E-state index contributed by atoms with van der Waals surface area (Å²) in [6, 6.07) is 0. The largest absolute Gasteiger partial charge is 0.370 e.